The van der Waals surface area contributed by atoms with Crippen LogP contribution in [0.4, 0.5) is 19.1 Å². The number of anilines is 1. The van der Waals surface area contributed by atoms with E-state index in [-0.39, 0.29) is 22.4 Å². The number of rotatable bonds is 5. The number of nitrogens with one attached hydrogen (secondary N) is 2. The van der Waals surface area contributed by atoms with E-state index in [1.54, 1.807) is 6.92 Å². The van der Waals surface area contributed by atoms with Crippen molar-refractivity contribution in [2.75, 3.05) is 18.0 Å². The normalized spacial score (nSPS) is 15.5. The number of carbonyl (C=O) groups is 1. The molecule has 0 aliphatic carbocycles. The van der Waals surface area contributed by atoms with Crippen molar-refractivity contribution in [2.45, 2.75) is 36.2 Å². The van der Waals surface area contributed by atoms with Gasteiger partial charge in [-0.2, -0.15) is 13.2 Å². The van der Waals surface area contributed by atoms with E-state index in [1.165, 1.54) is 24.3 Å². The molecular formula is C18H19F3N4O2S. The van der Waals surface area contributed by atoms with Crippen LogP contribution in [0.1, 0.15) is 41.9 Å². The van der Waals surface area contributed by atoms with Gasteiger partial charge in [-0.1, -0.05) is 12.1 Å². The number of hydrogen-bond donors (Lipinski definition) is 2. The van der Waals surface area contributed by atoms with E-state index in [4.69, 9.17) is 0 Å². The third-order valence-corrected chi connectivity index (χ3v) is 5.07. The maximum Gasteiger partial charge on any atom is 0.446 e. The highest BCUT2D eigenvalue weighted by Gasteiger charge is 2.29. The second kappa shape index (κ2) is 8.26. The lowest BCUT2D eigenvalue weighted by molar-refractivity contribution is -0.0328. The molecule has 1 atom stereocenters. The smallest absolute Gasteiger partial charge is 0.344 e. The Labute approximate surface area is 163 Å². The number of aromatic nitrogens is 2. The molecule has 1 amide bonds. The summed E-state index contributed by atoms with van der Waals surface area (Å²) in [4.78, 5) is 33.3. The summed E-state index contributed by atoms with van der Waals surface area (Å²) < 4.78 is 37.2. The van der Waals surface area contributed by atoms with Crippen LogP contribution >= 0.6 is 11.8 Å². The minimum Gasteiger partial charge on any atom is -0.344 e. The number of nitrogens with zero attached hydrogens (tertiary/aromatic N) is 2. The Hall–Kier alpha value is -2.49. The lowest BCUT2D eigenvalue weighted by atomic mass is 10.1. The van der Waals surface area contributed by atoms with Crippen molar-refractivity contribution >= 4 is 23.6 Å². The third-order valence-electron chi connectivity index (χ3n) is 4.33. The molecule has 28 heavy (non-hydrogen) atoms. The fourth-order valence-corrected chi connectivity index (χ4v) is 3.49. The molecule has 1 aromatic carbocycles. The summed E-state index contributed by atoms with van der Waals surface area (Å²) in [5.74, 6) is -0.149. The number of hydrogen-bond acceptors (Lipinski definition) is 5. The molecular weight excluding hydrogens is 393 g/mol. The molecule has 1 unspecified atom stereocenters. The number of benzene rings is 1. The van der Waals surface area contributed by atoms with Gasteiger partial charge in [-0.15, -0.1) is 0 Å². The molecule has 2 heterocycles. The van der Waals surface area contributed by atoms with Crippen LogP contribution in [0.15, 0.2) is 40.0 Å². The van der Waals surface area contributed by atoms with Gasteiger partial charge in [-0.05, 0) is 49.2 Å². The van der Waals surface area contributed by atoms with Crippen LogP contribution in [0.3, 0.4) is 0 Å². The molecule has 2 N–H and O–H groups in total. The molecule has 0 radical (unpaired) electrons. The highest BCUT2D eigenvalue weighted by Crippen LogP contribution is 2.37. The van der Waals surface area contributed by atoms with E-state index in [9.17, 15) is 22.8 Å². The highest BCUT2D eigenvalue weighted by molar-refractivity contribution is 8.00. The lowest BCUT2D eigenvalue weighted by Crippen LogP contribution is -2.31. The molecule has 1 saturated heterocycles. The van der Waals surface area contributed by atoms with Gasteiger partial charge in [0, 0.05) is 24.1 Å². The minimum atomic E-state index is -4.35. The maximum absolute atomic E-state index is 12.5. The van der Waals surface area contributed by atoms with Crippen LogP contribution in [0.5, 0.6) is 0 Å². The van der Waals surface area contributed by atoms with Crippen molar-refractivity contribution in [1.82, 2.24) is 15.3 Å². The molecule has 0 bridgehead atoms. The predicted molar refractivity (Wildman–Crippen MR) is 101 cm³/mol. The average molecular weight is 412 g/mol. The van der Waals surface area contributed by atoms with Crippen molar-refractivity contribution in [3.63, 3.8) is 0 Å². The van der Waals surface area contributed by atoms with Crippen molar-refractivity contribution in [3.05, 3.63) is 51.9 Å². The van der Waals surface area contributed by atoms with Gasteiger partial charge in [0.2, 0.25) is 5.95 Å². The Bertz CT molecular complexity index is 893. The first kappa shape index (κ1) is 20.2. The molecule has 1 aliphatic heterocycles. The van der Waals surface area contributed by atoms with Gasteiger partial charge in [0.15, 0.2) is 0 Å². The Kier molecular flexibility index (Phi) is 5.97. The first-order valence-electron chi connectivity index (χ1n) is 8.74. The molecule has 10 heteroatoms. The SMILES string of the molecule is CC(NC(=O)c1cc(=O)[nH]c(N2CCCC2)n1)c1ccc(SC(F)(F)F)cc1. The van der Waals surface area contributed by atoms with Gasteiger partial charge in [0.05, 0.1) is 6.04 Å². The van der Waals surface area contributed by atoms with Crippen LogP contribution in [-0.4, -0.2) is 34.5 Å². The summed E-state index contributed by atoms with van der Waals surface area (Å²) in [5.41, 5.74) is -4.12. The Morgan fingerprint density at radius 2 is 1.89 bits per heavy atom. The quantitative estimate of drug-likeness (QED) is 0.736. The Balaban J connectivity index is 1.69. The summed E-state index contributed by atoms with van der Waals surface area (Å²) in [6.07, 6.45) is 2.00. The number of aromatic amines is 1. The molecule has 1 aliphatic rings. The summed E-state index contributed by atoms with van der Waals surface area (Å²) in [5, 5.41) is 2.72. The topological polar surface area (TPSA) is 78.1 Å². The predicted octanol–water partition coefficient (Wildman–Crippen LogP) is 3.47. The van der Waals surface area contributed by atoms with Crippen LogP contribution < -0.4 is 15.8 Å². The number of alkyl halides is 3. The van der Waals surface area contributed by atoms with Crippen LogP contribution in [0.2, 0.25) is 0 Å². The summed E-state index contributed by atoms with van der Waals surface area (Å²) >= 11 is -0.193. The summed E-state index contributed by atoms with van der Waals surface area (Å²) in [6.45, 7) is 3.25. The molecule has 1 fully saturated rings. The molecule has 1 aromatic heterocycles. The standard InChI is InChI=1S/C18H19F3N4O2S/c1-11(12-4-6-13(7-5-12)28-18(19,20)21)22-16(27)14-10-15(26)24-17(23-14)25-8-2-3-9-25/h4-7,10-11H,2-3,8-9H2,1H3,(H,22,27)(H,23,24,26). The highest BCUT2D eigenvalue weighted by atomic mass is 32.2. The monoisotopic (exact) mass is 412 g/mol. The van der Waals surface area contributed by atoms with Gasteiger partial charge >= 0.3 is 5.51 Å². The minimum absolute atomic E-state index is 0.00162. The van der Waals surface area contributed by atoms with E-state index in [0.717, 1.165) is 32.0 Å². The van der Waals surface area contributed by atoms with Gasteiger partial charge in [-0.3, -0.25) is 14.6 Å². The fraction of sp³-hybridized carbons (Fsp3) is 0.389. The van der Waals surface area contributed by atoms with E-state index >= 15 is 0 Å². The first-order valence-corrected chi connectivity index (χ1v) is 9.56. The molecule has 6 nitrogen and oxygen atoms in total. The number of H-pyrrole nitrogens is 1. The van der Waals surface area contributed by atoms with E-state index in [1.807, 2.05) is 4.90 Å². The lowest BCUT2D eigenvalue weighted by Gasteiger charge is -2.17. The maximum atomic E-state index is 12.5. The summed E-state index contributed by atoms with van der Waals surface area (Å²) in [6, 6.07) is 6.43. The van der Waals surface area contributed by atoms with Crippen molar-refractivity contribution < 1.29 is 18.0 Å². The third kappa shape index (κ3) is 5.28. The van der Waals surface area contributed by atoms with Gasteiger partial charge in [0.25, 0.3) is 11.5 Å². The van der Waals surface area contributed by atoms with Gasteiger partial charge < -0.3 is 10.2 Å². The van der Waals surface area contributed by atoms with Gasteiger partial charge in [0.1, 0.15) is 5.69 Å². The zero-order valence-electron chi connectivity index (χ0n) is 15.0. The van der Waals surface area contributed by atoms with E-state index in [2.05, 4.69) is 15.3 Å². The number of amides is 1. The van der Waals surface area contributed by atoms with Crippen molar-refractivity contribution in [3.8, 4) is 0 Å². The van der Waals surface area contributed by atoms with Crippen LogP contribution in [0, 0.1) is 0 Å². The zero-order valence-corrected chi connectivity index (χ0v) is 15.9. The van der Waals surface area contributed by atoms with E-state index < -0.39 is 23.0 Å². The van der Waals surface area contributed by atoms with Crippen LogP contribution in [0.25, 0.3) is 0 Å². The second-order valence-electron chi connectivity index (χ2n) is 6.46. The van der Waals surface area contributed by atoms with Crippen molar-refractivity contribution in [1.29, 1.82) is 0 Å². The second-order valence-corrected chi connectivity index (χ2v) is 7.60. The fourth-order valence-electron chi connectivity index (χ4n) is 2.95. The average Bonchev–Trinajstić information content (AvgIpc) is 3.15. The number of carbonyl (C=O) groups excluding carboxylic acids is 1. The Morgan fingerprint density at radius 3 is 2.50 bits per heavy atom. The largest absolute Gasteiger partial charge is 0.446 e. The Morgan fingerprint density at radius 1 is 1.25 bits per heavy atom. The number of halogens is 3. The molecule has 2 aromatic rings. The van der Waals surface area contributed by atoms with Gasteiger partial charge in [-0.25, -0.2) is 4.98 Å². The molecule has 150 valence electrons. The number of thioether (sulfide) groups is 1. The molecule has 0 saturated carbocycles. The zero-order chi connectivity index (χ0) is 20.3. The first-order chi connectivity index (χ1) is 13.2. The van der Waals surface area contributed by atoms with Crippen LogP contribution in [-0.2, 0) is 0 Å². The molecule has 3 rings (SSSR count). The van der Waals surface area contributed by atoms with Crippen molar-refractivity contribution in [2.24, 2.45) is 0 Å². The molecule has 0 spiro atoms. The van der Waals surface area contributed by atoms with E-state index in [0.29, 0.717) is 11.5 Å². The summed E-state index contributed by atoms with van der Waals surface area (Å²) in [7, 11) is 0.